The fourth-order valence-electron chi connectivity index (χ4n) is 1.73. The van der Waals surface area contributed by atoms with Gasteiger partial charge in [0.05, 0.1) is 10.7 Å². The molecule has 0 aliphatic carbocycles. The zero-order valence-corrected chi connectivity index (χ0v) is 12.8. The van der Waals surface area contributed by atoms with E-state index in [2.05, 4.69) is 20.3 Å². The minimum Gasteiger partial charge on any atom is -0.341 e. The van der Waals surface area contributed by atoms with E-state index >= 15 is 0 Å². The summed E-state index contributed by atoms with van der Waals surface area (Å²) in [6.07, 6.45) is 0. The van der Waals surface area contributed by atoms with Gasteiger partial charge < -0.3 is 10.2 Å². The van der Waals surface area contributed by atoms with E-state index in [0.717, 1.165) is 18.8 Å². The predicted octanol–water partition coefficient (Wildman–Crippen LogP) is 3.77. The first-order valence-electron chi connectivity index (χ1n) is 6.32. The van der Waals surface area contributed by atoms with Crippen molar-refractivity contribution >= 4 is 40.8 Å². The summed E-state index contributed by atoms with van der Waals surface area (Å²) in [7, 11) is 0. The van der Waals surface area contributed by atoms with E-state index in [1.807, 2.05) is 36.9 Å². The maximum Gasteiger partial charge on any atom is 0.233 e. The zero-order valence-electron chi connectivity index (χ0n) is 11.3. The largest absolute Gasteiger partial charge is 0.341 e. The van der Waals surface area contributed by atoms with Gasteiger partial charge in [0.1, 0.15) is 0 Å². The Kier molecular flexibility index (Phi) is 4.98. The average molecular weight is 312 g/mol. The first kappa shape index (κ1) is 14.8. The molecule has 20 heavy (non-hydrogen) atoms. The second-order valence-electron chi connectivity index (χ2n) is 4.01. The number of rotatable bonds is 5. The van der Waals surface area contributed by atoms with Gasteiger partial charge in [-0.2, -0.15) is 15.0 Å². The number of hydrogen-bond acceptors (Lipinski definition) is 5. The Bertz CT molecular complexity index is 587. The van der Waals surface area contributed by atoms with Crippen molar-refractivity contribution in [2.75, 3.05) is 23.3 Å². The van der Waals surface area contributed by atoms with Gasteiger partial charge in [-0.15, -0.1) is 0 Å². The summed E-state index contributed by atoms with van der Waals surface area (Å²) < 4.78 is 0. The first-order chi connectivity index (χ1) is 9.63. The zero-order chi connectivity index (χ0) is 14.5. The number of nitrogens with one attached hydrogen (secondary N) is 1. The molecule has 2 rings (SSSR count). The monoisotopic (exact) mass is 311 g/mol. The third-order valence-corrected chi connectivity index (χ3v) is 3.26. The van der Waals surface area contributed by atoms with Crippen molar-refractivity contribution < 1.29 is 0 Å². The summed E-state index contributed by atoms with van der Waals surface area (Å²) in [5.41, 5.74) is 0.724. The van der Waals surface area contributed by atoms with Crippen molar-refractivity contribution in [3.8, 4) is 0 Å². The van der Waals surface area contributed by atoms with Crippen molar-refractivity contribution in [3.05, 3.63) is 34.6 Å². The van der Waals surface area contributed by atoms with Crippen LogP contribution in [-0.2, 0) is 0 Å². The highest BCUT2D eigenvalue weighted by Crippen LogP contribution is 2.24. The number of para-hydroxylation sites is 1. The lowest BCUT2D eigenvalue weighted by atomic mass is 10.3. The van der Waals surface area contributed by atoms with Crippen LogP contribution in [0.2, 0.25) is 10.3 Å². The van der Waals surface area contributed by atoms with Crippen molar-refractivity contribution in [2.45, 2.75) is 13.8 Å². The van der Waals surface area contributed by atoms with E-state index in [4.69, 9.17) is 23.2 Å². The highest BCUT2D eigenvalue weighted by molar-refractivity contribution is 6.33. The normalized spacial score (nSPS) is 10.4. The molecule has 2 aromatic rings. The highest BCUT2D eigenvalue weighted by atomic mass is 35.5. The van der Waals surface area contributed by atoms with Crippen molar-refractivity contribution in [2.24, 2.45) is 0 Å². The molecule has 5 nitrogen and oxygen atoms in total. The van der Waals surface area contributed by atoms with E-state index in [1.165, 1.54) is 0 Å². The van der Waals surface area contributed by atoms with Gasteiger partial charge in [-0.05, 0) is 37.6 Å². The van der Waals surface area contributed by atoms with Crippen LogP contribution in [0.3, 0.4) is 0 Å². The third kappa shape index (κ3) is 3.49. The van der Waals surface area contributed by atoms with Crippen LogP contribution in [0.5, 0.6) is 0 Å². The number of hydrogen-bond donors (Lipinski definition) is 1. The highest BCUT2D eigenvalue weighted by Gasteiger charge is 2.11. The minimum absolute atomic E-state index is 0.149. The predicted molar refractivity (Wildman–Crippen MR) is 83.1 cm³/mol. The van der Waals surface area contributed by atoms with Gasteiger partial charge in [-0.1, -0.05) is 23.7 Å². The lowest BCUT2D eigenvalue weighted by Gasteiger charge is -2.18. The van der Waals surface area contributed by atoms with E-state index in [1.54, 1.807) is 6.07 Å². The van der Waals surface area contributed by atoms with Crippen molar-refractivity contribution in [1.29, 1.82) is 0 Å². The molecule has 106 valence electrons. The molecule has 1 N–H and O–H groups in total. The standard InChI is InChI=1S/C13H15Cl2N5/c1-3-20(4-2)13-18-11(15)17-12(19-13)16-10-8-6-5-7-9(10)14/h5-8H,3-4H2,1-2H3,(H,16,17,18,19). The molecule has 0 aliphatic heterocycles. The van der Waals surface area contributed by atoms with Gasteiger partial charge in [0.15, 0.2) is 0 Å². The quantitative estimate of drug-likeness (QED) is 0.911. The fourth-order valence-corrected chi connectivity index (χ4v) is 2.07. The van der Waals surface area contributed by atoms with Crippen molar-refractivity contribution in [3.63, 3.8) is 0 Å². The maximum atomic E-state index is 6.09. The van der Waals surface area contributed by atoms with Gasteiger partial charge in [0.2, 0.25) is 17.2 Å². The average Bonchev–Trinajstić information content (AvgIpc) is 2.42. The van der Waals surface area contributed by atoms with Crippen LogP contribution in [0, 0.1) is 0 Å². The van der Waals surface area contributed by atoms with Gasteiger partial charge >= 0.3 is 0 Å². The van der Waals surface area contributed by atoms with Crippen molar-refractivity contribution in [1.82, 2.24) is 15.0 Å². The van der Waals surface area contributed by atoms with Gasteiger partial charge in [-0.3, -0.25) is 0 Å². The van der Waals surface area contributed by atoms with Crippen LogP contribution in [0.15, 0.2) is 24.3 Å². The smallest absolute Gasteiger partial charge is 0.233 e. The topological polar surface area (TPSA) is 53.9 Å². The number of benzene rings is 1. The van der Waals surface area contributed by atoms with Crippen LogP contribution >= 0.6 is 23.2 Å². The number of aromatic nitrogens is 3. The lowest BCUT2D eigenvalue weighted by molar-refractivity contribution is 0.814. The minimum atomic E-state index is 0.149. The van der Waals surface area contributed by atoms with Crippen LogP contribution in [0.25, 0.3) is 0 Å². The molecule has 1 aromatic carbocycles. The number of anilines is 3. The molecular weight excluding hydrogens is 297 g/mol. The molecule has 0 radical (unpaired) electrons. The van der Waals surface area contributed by atoms with E-state index in [0.29, 0.717) is 16.9 Å². The van der Waals surface area contributed by atoms with E-state index in [-0.39, 0.29) is 5.28 Å². The van der Waals surface area contributed by atoms with Gasteiger partial charge in [0.25, 0.3) is 0 Å². The maximum absolute atomic E-state index is 6.09. The lowest BCUT2D eigenvalue weighted by Crippen LogP contribution is -2.24. The van der Waals surface area contributed by atoms with Gasteiger partial charge in [0, 0.05) is 13.1 Å². The summed E-state index contributed by atoms with van der Waals surface area (Å²) >= 11 is 12.0. The van der Waals surface area contributed by atoms with Crippen LogP contribution < -0.4 is 10.2 Å². The summed E-state index contributed by atoms with van der Waals surface area (Å²) in [6, 6.07) is 7.37. The molecule has 0 fully saturated rings. The molecule has 1 heterocycles. The summed E-state index contributed by atoms with van der Waals surface area (Å²) in [5, 5.41) is 3.79. The second kappa shape index (κ2) is 6.72. The fraction of sp³-hybridized carbons (Fsp3) is 0.308. The SMILES string of the molecule is CCN(CC)c1nc(Cl)nc(Nc2ccccc2Cl)n1. The Hall–Kier alpha value is -1.59. The van der Waals surface area contributed by atoms with Crippen LogP contribution in [-0.4, -0.2) is 28.0 Å². The van der Waals surface area contributed by atoms with Crippen LogP contribution in [0.1, 0.15) is 13.8 Å². The molecule has 0 amide bonds. The first-order valence-corrected chi connectivity index (χ1v) is 7.07. The molecule has 0 unspecified atom stereocenters. The Morgan fingerprint density at radius 2 is 1.75 bits per heavy atom. The molecule has 0 spiro atoms. The molecule has 0 saturated heterocycles. The molecule has 1 aromatic heterocycles. The number of halogens is 2. The van der Waals surface area contributed by atoms with E-state index < -0.39 is 0 Å². The Morgan fingerprint density at radius 1 is 1.05 bits per heavy atom. The Labute approximate surface area is 128 Å². The molecule has 7 heteroatoms. The third-order valence-electron chi connectivity index (χ3n) is 2.76. The summed E-state index contributed by atoms with van der Waals surface area (Å²) in [6.45, 7) is 5.65. The molecular formula is C13H15Cl2N5. The summed E-state index contributed by atoms with van der Waals surface area (Å²) in [4.78, 5) is 14.6. The second-order valence-corrected chi connectivity index (χ2v) is 4.75. The van der Waals surface area contributed by atoms with Gasteiger partial charge in [-0.25, -0.2) is 0 Å². The van der Waals surface area contributed by atoms with E-state index in [9.17, 15) is 0 Å². The molecule has 0 aliphatic rings. The molecule has 0 atom stereocenters. The summed E-state index contributed by atoms with van der Waals surface area (Å²) in [5.74, 6) is 0.921. The van der Waals surface area contributed by atoms with Crippen LogP contribution in [0.4, 0.5) is 17.6 Å². The number of nitrogens with zero attached hydrogens (tertiary/aromatic N) is 4. The molecule has 0 saturated carbocycles. The Morgan fingerprint density at radius 3 is 2.40 bits per heavy atom. The Balaban J connectivity index is 2.31. The molecule has 0 bridgehead atoms.